The minimum Gasteiger partial charge on any atom is -0.289 e. The van der Waals surface area contributed by atoms with Gasteiger partial charge in [0, 0.05) is 9.75 Å². The number of rotatable bonds is 3. The zero-order chi connectivity index (χ0) is 13.8. The molecule has 0 atom stereocenters. The van der Waals surface area contributed by atoms with Crippen molar-refractivity contribution in [2.75, 3.05) is 0 Å². The molecule has 0 saturated heterocycles. The molecule has 0 saturated carbocycles. The first-order valence-electron chi connectivity index (χ1n) is 5.79. The highest BCUT2D eigenvalue weighted by molar-refractivity contribution is 7.11. The molecule has 3 heterocycles. The molecule has 1 aliphatic rings. The summed E-state index contributed by atoms with van der Waals surface area (Å²) in [5.41, 5.74) is 3.09. The largest absolute Gasteiger partial charge is 0.289 e. The van der Waals surface area contributed by atoms with Crippen LogP contribution in [0, 0.1) is 0 Å². The Morgan fingerprint density at radius 2 is 1.95 bits per heavy atom. The van der Waals surface area contributed by atoms with Gasteiger partial charge in [-0.2, -0.15) is 5.10 Å². The number of hydrazone groups is 1. The van der Waals surface area contributed by atoms with Gasteiger partial charge in [0.05, 0.1) is 6.21 Å². The summed E-state index contributed by atoms with van der Waals surface area (Å²) in [4.78, 5) is 17.9. The van der Waals surface area contributed by atoms with Gasteiger partial charge in [0.15, 0.2) is 0 Å². The Morgan fingerprint density at radius 3 is 2.65 bits per heavy atom. The average Bonchev–Trinajstić information content (AvgIpc) is 3.14. The lowest BCUT2D eigenvalue weighted by Crippen LogP contribution is -2.33. The van der Waals surface area contributed by atoms with Crippen molar-refractivity contribution in [2.24, 2.45) is 10.1 Å². The molecule has 0 aliphatic carbocycles. The van der Waals surface area contributed by atoms with E-state index in [1.807, 2.05) is 35.0 Å². The Morgan fingerprint density at radius 1 is 1.20 bits per heavy atom. The van der Waals surface area contributed by atoms with Gasteiger partial charge < -0.3 is 0 Å². The lowest BCUT2D eigenvalue weighted by atomic mass is 10.3. The van der Waals surface area contributed by atoms with E-state index in [0.29, 0.717) is 11.7 Å². The molecule has 0 radical (unpaired) electrons. The fourth-order valence-electron chi connectivity index (χ4n) is 1.55. The van der Waals surface area contributed by atoms with Crippen LogP contribution in [0.5, 0.6) is 0 Å². The molecule has 3 rings (SSSR count). The Bertz CT molecular complexity index is 684. The van der Waals surface area contributed by atoms with Gasteiger partial charge in [-0.1, -0.05) is 12.1 Å². The van der Waals surface area contributed by atoms with E-state index in [1.54, 1.807) is 35.0 Å². The van der Waals surface area contributed by atoms with E-state index in [2.05, 4.69) is 20.8 Å². The van der Waals surface area contributed by atoms with E-state index in [0.717, 1.165) is 9.75 Å². The van der Waals surface area contributed by atoms with Crippen molar-refractivity contribution in [3.8, 4) is 0 Å². The van der Waals surface area contributed by atoms with Gasteiger partial charge in [0.25, 0.3) is 5.91 Å². The normalized spacial score (nSPS) is 16.7. The van der Waals surface area contributed by atoms with E-state index in [4.69, 9.17) is 0 Å². The highest BCUT2D eigenvalue weighted by Crippen LogP contribution is 2.15. The minimum atomic E-state index is -0.229. The van der Waals surface area contributed by atoms with E-state index in [-0.39, 0.29) is 5.91 Å². The first-order valence-corrected chi connectivity index (χ1v) is 7.55. The van der Waals surface area contributed by atoms with Crippen LogP contribution in [-0.2, 0) is 4.79 Å². The maximum absolute atomic E-state index is 11.7. The molecular weight excluding hydrogens is 292 g/mol. The van der Waals surface area contributed by atoms with E-state index >= 15 is 0 Å². The molecule has 1 aliphatic heterocycles. The smallest absolute Gasteiger partial charge is 0.276 e. The Labute approximate surface area is 123 Å². The van der Waals surface area contributed by atoms with Gasteiger partial charge in [0.2, 0.25) is 5.96 Å². The summed E-state index contributed by atoms with van der Waals surface area (Å²) in [5.74, 6) is 0.109. The van der Waals surface area contributed by atoms with Gasteiger partial charge in [-0.25, -0.2) is 10.4 Å². The van der Waals surface area contributed by atoms with Crippen molar-refractivity contribution in [3.63, 3.8) is 0 Å². The SMILES string of the molecule is O=C1NC(N/N=C/c2cccs2)=N/C1=C\c1cccs1. The molecule has 2 aromatic heterocycles. The maximum atomic E-state index is 11.7. The number of carbonyl (C=O) groups excluding carboxylic acids is 1. The van der Waals surface area contributed by atoms with Crippen LogP contribution < -0.4 is 10.7 Å². The molecule has 2 aromatic rings. The van der Waals surface area contributed by atoms with Crippen molar-refractivity contribution in [1.82, 2.24) is 10.7 Å². The monoisotopic (exact) mass is 302 g/mol. The summed E-state index contributed by atoms with van der Waals surface area (Å²) in [6, 6.07) is 7.76. The van der Waals surface area contributed by atoms with Crippen LogP contribution >= 0.6 is 22.7 Å². The third-order valence-electron chi connectivity index (χ3n) is 2.42. The quantitative estimate of drug-likeness (QED) is 0.519. The van der Waals surface area contributed by atoms with Gasteiger partial charge in [-0.05, 0) is 29.0 Å². The number of amides is 1. The lowest BCUT2D eigenvalue weighted by molar-refractivity contribution is -0.115. The molecule has 0 aromatic carbocycles. The average molecular weight is 302 g/mol. The number of carbonyl (C=O) groups is 1. The number of hydrogen-bond acceptors (Lipinski definition) is 6. The van der Waals surface area contributed by atoms with Crippen LogP contribution in [0.1, 0.15) is 9.75 Å². The topological polar surface area (TPSA) is 65.8 Å². The summed E-state index contributed by atoms with van der Waals surface area (Å²) >= 11 is 3.14. The van der Waals surface area contributed by atoms with Crippen LogP contribution in [0.2, 0.25) is 0 Å². The standard InChI is InChI=1S/C13H10N4OS2/c18-12-11(7-9-3-1-5-19-9)15-13(16-12)17-14-8-10-4-2-6-20-10/h1-8H,(H2,15,16,17,18)/b11-7-,14-8+. The molecule has 0 bridgehead atoms. The second-order valence-corrected chi connectivity index (χ2v) is 5.80. The molecule has 2 N–H and O–H groups in total. The van der Waals surface area contributed by atoms with Gasteiger partial charge in [-0.3, -0.25) is 10.1 Å². The van der Waals surface area contributed by atoms with Crippen LogP contribution in [-0.4, -0.2) is 18.1 Å². The fraction of sp³-hybridized carbons (Fsp3) is 0. The number of aliphatic imine (C=N–C) groups is 1. The van der Waals surface area contributed by atoms with Crippen LogP contribution in [0.4, 0.5) is 0 Å². The van der Waals surface area contributed by atoms with Crippen LogP contribution in [0.25, 0.3) is 6.08 Å². The Hall–Kier alpha value is -2.25. The summed E-state index contributed by atoms with van der Waals surface area (Å²) in [6.07, 6.45) is 3.43. The summed E-state index contributed by atoms with van der Waals surface area (Å²) < 4.78 is 0. The summed E-state index contributed by atoms with van der Waals surface area (Å²) in [7, 11) is 0. The third-order valence-corrected chi connectivity index (χ3v) is 4.05. The lowest BCUT2D eigenvalue weighted by Gasteiger charge is -1.96. The maximum Gasteiger partial charge on any atom is 0.276 e. The van der Waals surface area contributed by atoms with Crippen molar-refractivity contribution in [2.45, 2.75) is 0 Å². The molecule has 0 unspecified atom stereocenters. The Balaban J connectivity index is 1.68. The number of thiophene rings is 2. The van der Waals surface area contributed by atoms with Gasteiger partial charge >= 0.3 is 0 Å². The first kappa shape index (κ1) is 12.8. The third kappa shape index (κ3) is 3.01. The zero-order valence-corrected chi connectivity index (χ0v) is 11.9. The molecule has 5 nitrogen and oxygen atoms in total. The molecule has 100 valence electrons. The number of hydrogen-bond donors (Lipinski definition) is 2. The molecular formula is C13H10N4OS2. The second kappa shape index (κ2) is 5.81. The molecule has 20 heavy (non-hydrogen) atoms. The van der Waals surface area contributed by atoms with E-state index in [1.165, 1.54) is 0 Å². The zero-order valence-electron chi connectivity index (χ0n) is 10.2. The molecule has 1 amide bonds. The highest BCUT2D eigenvalue weighted by atomic mass is 32.1. The predicted molar refractivity (Wildman–Crippen MR) is 82.9 cm³/mol. The predicted octanol–water partition coefficient (Wildman–Crippen LogP) is 2.26. The number of guanidine groups is 1. The van der Waals surface area contributed by atoms with Gasteiger partial charge in [0.1, 0.15) is 5.70 Å². The van der Waals surface area contributed by atoms with E-state index < -0.39 is 0 Å². The molecule has 0 fully saturated rings. The van der Waals surface area contributed by atoms with E-state index in [9.17, 15) is 4.79 Å². The Kier molecular flexibility index (Phi) is 3.71. The van der Waals surface area contributed by atoms with Crippen molar-refractivity contribution in [3.05, 3.63) is 50.5 Å². The van der Waals surface area contributed by atoms with Gasteiger partial charge in [-0.15, -0.1) is 22.7 Å². The summed E-state index contributed by atoms with van der Waals surface area (Å²) in [6.45, 7) is 0. The number of nitrogens with one attached hydrogen (secondary N) is 2. The first-order chi connectivity index (χ1) is 9.81. The molecule has 7 heteroatoms. The molecule has 0 spiro atoms. The van der Waals surface area contributed by atoms with Crippen molar-refractivity contribution >= 4 is 46.8 Å². The highest BCUT2D eigenvalue weighted by Gasteiger charge is 2.19. The summed E-state index contributed by atoms with van der Waals surface area (Å²) in [5, 5.41) is 10.6. The van der Waals surface area contributed by atoms with Crippen LogP contribution in [0.3, 0.4) is 0 Å². The minimum absolute atomic E-state index is 0.229. The van der Waals surface area contributed by atoms with Crippen LogP contribution in [0.15, 0.2) is 50.8 Å². The second-order valence-electron chi connectivity index (χ2n) is 3.84. The van der Waals surface area contributed by atoms with Crippen molar-refractivity contribution in [1.29, 1.82) is 0 Å². The number of nitrogens with zero attached hydrogens (tertiary/aromatic N) is 2. The van der Waals surface area contributed by atoms with Crippen molar-refractivity contribution < 1.29 is 4.79 Å². The fourth-order valence-corrected chi connectivity index (χ4v) is 2.79.